The van der Waals surface area contributed by atoms with Gasteiger partial charge in [0, 0.05) is 24.0 Å². The highest BCUT2D eigenvalue weighted by Gasteiger charge is 2.35. The number of rotatable bonds is 4. The summed E-state index contributed by atoms with van der Waals surface area (Å²) in [5, 5.41) is 6.76. The molecule has 1 aromatic heterocycles. The third-order valence-electron chi connectivity index (χ3n) is 5.34. The molecule has 2 aromatic carbocycles. The molecule has 3 N–H and O–H groups in total. The molecule has 3 amide bonds. The maximum atomic E-state index is 12.6. The highest BCUT2D eigenvalue weighted by Crippen LogP contribution is 2.26. The van der Waals surface area contributed by atoms with Gasteiger partial charge in [-0.2, -0.15) is 5.10 Å². The largest absolute Gasteiger partial charge is 0.312 e. The van der Waals surface area contributed by atoms with Crippen LogP contribution < -0.4 is 21.3 Å². The second kappa shape index (κ2) is 8.39. The van der Waals surface area contributed by atoms with E-state index in [4.69, 9.17) is 0 Å². The average Bonchev–Trinajstić information content (AvgIpc) is 3.19. The van der Waals surface area contributed by atoms with Gasteiger partial charge in [0.1, 0.15) is 0 Å². The van der Waals surface area contributed by atoms with Gasteiger partial charge < -0.3 is 4.90 Å². The third kappa shape index (κ3) is 4.02. The molecule has 31 heavy (non-hydrogen) atoms. The molecular weight excluding hydrogens is 398 g/mol. The molecule has 2 heterocycles. The van der Waals surface area contributed by atoms with E-state index in [9.17, 15) is 19.2 Å². The van der Waals surface area contributed by atoms with Crippen LogP contribution in [0.5, 0.6) is 0 Å². The molecule has 1 fully saturated rings. The summed E-state index contributed by atoms with van der Waals surface area (Å²) < 4.78 is 0. The van der Waals surface area contributed by atoms with Gasteiger partial charge in [0.15, 0.2) is 5.69 Å². The first kappa shape index (κ1) is 20.3. The summed E-state index contributed by atoms with van der Waals surface area (Å²) in [6.45, 7) is 2.26. The van der Waals surface area contributed by atoms with Crippen LogP contribution in [0.15, 0.2) is 53.3 Å². The molecular formula is C22H21N5O4. The Morgan fingerprint density at radius 2 is 1.87 bits per heavy atom. The second-order valence-corrected chi connectivity index (χ2v) is 7.32. The Bertz CT molecular complexity index is 1240. The number of carbonyl (C=O) groups excluding carboxylic acids is 3. The highest BCUT2D eigenvalue weighted by atomic mass is 16.2. The summed E-state index contributed by atoms with van der Waals surface area (Å²) in [4.78, 5) is 51.0. The van der Waals surface area contributed by atoms with Crippen molar-refractivity contribution in [1.29, 1.82) is 0 Å². The van der Waals surface area contributed by atoms with Gasteiger partial charge in [-0.1, -0.05) is 37.3 Å². The smallest absolute Gasteiger partial charge is 0.290 e. The fraction of sp³-hybridized carbons (Fsp3) is 0.227. The molecule has 158 valence electrons. The number of hydrogen-bond donors (Lipinski definition) is 3. The van der Waals surface area contributed by atoms with E-state index in [1.165, 1.54) is 0 Å². The molecule has 1 aliphatic rings. The summed E-state index contributed by atoms with van der Waals surface area (Å²) in [5.41, 5.74) is 6.12. The first-order valence-corrected chi connectivity index (χ1v) is 9.95. The molecule has 0 spiro atoms. The van der Waals surface area contributed by atoms with Gasteiger partial charge in [-0.05, 0) is 30.2 Å². The van der Waals surface area contributed by atoms with Crippen LogP contribution in [0.2, 0.25) is 0 Å². The van der Waals surface area contributed by atoms with Crippen molar-refractivity contribution >= 4 is 34.2 Å². The van der Waals surface area contributed by atoms with E-state index in [1.54, 1.807) is 29.2 Å². The SMILES string of the molecule is CCc1cccc(N2CC(C(=O)NNC(=O)c3n[nH]c(=O)c4ccccc34)CC2=O)c1. The van der Waals surface area contributed by atoms with Crippen LogP contribution in [0.4, 0.5) is 5.69 Å². The van der Waals surface area contributed by atoms with Crippen LogP contribution in [0.1, 0.15) is 29.4 Å². The quantitative estimate of drug-likeness (QED) is 0.550. The number of anilines is 1. The fourth-order valence-electron chi connectivity index (χ4n) is 3.64. The maximum Gasteiger partial charge on any atom is 0.290 e. The number of aromatic amines is 1. The number of benzene rings is 2. The lowest BCUT2D eigenvalue weighted by atomic mass is 10.1. The van der Waals surface area contributed by atoms with E-state index in [2.05, 4.69) is 21.0 Å². The van der Waals surface area contributed by atoms with Gasteiger partial charge in [-0.25, -0.2) is 5.10 Å². The Hall–Kier alpha value is -4.01. The number of carbonyl (C=O) groups is 3. The Morgan fingerprint density at radius 3 is 2.65 bits per heavy atom. The molecule has 1 saturated heterocycles. The summed E-state index contributed by atoms with van der Waals surface area (Å²) in [6, 6.07) is 14.2. The Kier molecular flexibility index (Phi) is 5.48. The average molecular weight is 419 g/mol. The lowest BCUT2D eigenvalue weighted by molar-refractivity contribution is -0.126. The molecule has 1 aliphatic heterocycles. The minimum atomic E-state index is -0.669. The predicted molar refractivity (Wildman–Crippen MR) is 114 cm³/mol. The van der Waals surface area contributed by atoms with Crippen molar-refractivity contribution in [2.45, 2.75) is 19.8 Å². The van der Waals surface area contributed by atoms with Crippen LogP contribution in [-0.2, 0) is 16.0 Å². The van der Waals surface area contributed by atoms with E-state index >= 15 is 0 Å². The number of hydrogen-bond acceptors (Lipinski definition) is 5. The lowest BCUT2D eigenvalue weighted by Gasteiger charge is -2.17. The van der Waals surface area contributed by atoms with Crippen LogP contribution in [0.25, 0.3) is 10.8 Å². The predicted octanol–water partition coefficient (Wildman–Crippen LogP) is 1.30. The minimum absolute atomic E-state index is 0.0176. The van der Waals surface area contributed by atoms with Gasteiger partial charge in [-0.3, -0.25) is 30.0 Å². The van der Waals surface area contributed by atoms with Crippen LogP contribution in [-0.4, -0.2) is 34.5 Å². The molecule has 9 heteroatoms. The van der Waals surface area contributed by atoms with E-state index in [1.807, 2.05) is 31.2 Å². The molecule has 0 aliphatic carbocycles. The molecule has 9 nitrogen and oxygen atoms in total. The molecule has 0 bridgehead atoms. The van der Waals surface area contributed by atoms with Crippen LogP contribution in [0, 0.1) is 5.92 Å². The van der Waals surface area contributed by atoms with E-state index in [0.29, 0.717) is 10.8 Å². The van der Waals surface area contributed by atoms with E-state index in [-0.39, 0.29) is 24.6 Å². The van der Waals surface area contributed by atoms with E-state index in [0.717, 1.165) is 17.7 Å². The molecule has 0 saturated carbocycles. The zero-order valence-electron chi connectivity index (χ0n) is 16.8. The van der Waals surface area contributed by atoms with Gasteiger partial charge in [-0.15, -0.1) is 0 Å². The van der Waals surface area contributed by atoms with Gasteiger partial charge in [0.05, 0.1) is 11.3 Å². The summed E-state index contributed by atoms with van der Waals surface area (Å²) in [7, 11) is 0. The standard InChI is InChI=1S/C22H21N5O4/c1-2-13-6-5-7-15(10-13)27-12-14(11-18(27)28)20(29)24-26-22(31)19-16-8-3-4-9-17(16)21(30)25-23-19/h3-10,14H,2,11-12H2,1H3,(H,24,29)(H,25,30)(H,26,31). The minimum Gasteiger partial charge on any atom is -0.312 e. The van der Waals surface area contributed by atoms with Crippen LogP contribution >= 0.6 is 0 Å². The number of nitrogens with one attached hydrogen (secondary N) is 3. The molecule has 3 aromatic rings. The number of nitrogens with zero attached hydrogens (tertiary/aromatic N) is 2. The maximum absolute atomic E-state index is 12.6. The number of fused-ring (bicyclic) bond motifs is 1. The first-order chi connectivity index (χ1) is 15.0. The van der Waals surface area contributed by atoms with Gasteiger partial charge in [0.25, 0.3) is 11.5 Å². The molecule has 0 radical (unpaired) electrons. The molecule has 1 atom stereocenters. The number of H-pyrrole nitrogens is 1. The fourth-order valence-corrected chi connectivity index (χ4v) is 3.64. The van der Waals surface area contributed by atoms with Crippen molar-refractivity contribution in [2.75, 3.05) is 11.4 Å². The number of amides is 3. The van der Waals surface area contributed by atoms with Crippen molar-refractivity contribution in [3.05, 3.63) is 70.1 Å². The van der Waals surface area contributed by atoms with Crippen molar-refractivity contribution in [2.24, 2.45) is 5.92 Å². The summed E-state index contributed by atoms with van der Waals surface area (Å²) >= 11 is 0. The Morgan fingerprint density at radius 1 is 1.10 bits per heavy atom. The lowest BCUT2D eigenvalue weighted by Crippen LogP contribution is -2.45. The van der Waals surface area contributed by atoms with Crippen molar-refractivity contribution in [1.82, 2.24) is 21.0 Å². The highest BCUT2D eigenvalue weighted by molar-refractivity contribution is 6.05. The second-order valence-electron chi connectivity index (χ2n) is 7.32. The topological polar surface area (TPSA) is 124 Å². The zero-order chi connectivity index (χ0) is 22.0. The molecule has 4 rings (SSSR count). The van der Waals surface area contributed by atoms with Gasteiger partial charge in [0.2, 0.25) is 11.8 Å². The Balaban J connectivity index is 1.43. The number of aryl methyl sites for hydroxylation is 1. The first-order valence-electron chi connectivity index (χ1n) is 9.95. The third-order valence-corrected chi connectivity index (χ3v) is 5.34. The van der Waals surface area contributed by atoms with Crippen molar-refractivity contribution < 1.29 is 14.4 Å². The van der Waals surface area contributed by atoms with Crippen molar-refractivity contribution in [3.8, 4) is 0 Å². The van der Waals surface area contributed by atoms with Gasteiger partial charge >= 0.3 is 0 Å². The zero-order valence-corrected chi connectivity index (χ0v) is 16.8. The molecule has 1 unspecified atom stereocenters. The number of hydrazine groups is 1. The van der Waals surface area contributed by atoms with E-state index < -0.39 is 23.3 Å². The normalized spacial score (nSPS) is 15.8. The Labute approximate surface area is 177 Å². The van der Waals surface area contributed by atoms with Crippen LogP contribution in [0.3, 0.4) is 0 Å². The monoisotopic (exact) mass is 419 g/mol. The van der Waals surface area contributed by atoms with Crippen molar-refractivity contribution in [3.63, 3.8) is 0 Å². The summed E-state index contributed by atoms with van der Waals surface area (Å²) in [6.07, 6.45) is 0.900. The summed E-state index contributed by atoms with van der Waals surface area (Å²) in [5.74, 6) is -1.88. The number of aromatic nitrogens is 2.